The Bertz CT molecular complexity index is 1310. The Labute approximate surface area is 283 Å². The Morgan fingerprint density at radius 2 is 1.58 bits per heavy atom. The van der Waals surface area contributed by atoms with Gasteiger partial charge in [0, 0.05) is 43.1 Å². The third-order valence-electron chi connectivity index (χ3n) is 8.83. The zero-order chi connectivity index (χ0) is 35.9. The van der Waals surface area contributed by atoms with E-state index in [0.29, 0.717) is 37.7 Å². The average Bonchev–Trinajstić information content (AvgIpc) is 3.02. The van der Waals surface area contributed by atoms with E-state index in [1.165, 1.54) is 6.08 Å². The Balaban J connectivity index is 2.34. The van der Waals surface area contributed by atoms with Crippen LogP contribution >= 0.6 is 0 Å². The van der Waals surface area contributed by atoms with Crippen molar-refractivity contribution in [2.75, 3.05) is 0 Å². The van der Waals surface area contributed by atoms with Crippen molar-refractivity contribution in [3.05, 3.63) is 71.9 Å². The van der Waals surface area contributed by atoms with Crippen molar-refractivity contribution < 1.29 is 53.8 Å². The van der Waals surface area contributed by atoms with Crippen LogP contribution in [0.25, 0.3) is 0 Å². The molecule has 0 saturated carbocycles. The molecule has 2 fully saturated rings. The van der Waals surface area contributed by atoms with Crippen molar-refractivity contribution in [2.45, 2.75) is 122 Å². The molecule has 2 rings (SSSR count). The zero-order valence-electron chi connectivity index (χ0n) is 28.7. The van der Waals surface area contributed by atoms with Gasteiger partial charge in [-0.25, -0.2) is 19.2 Å². The van der Waals surface area contributed by atoms with Gasteiger partial charge >= 0.3 is 23.9 Å². The fourth-order valence-corrected chi connectivity index (χ4v) is 5.89. The Hall–Kier alpha value is -3.80. The SMILES string of the molecule is CCCCCC1(OC(=O)C=CC(=O)O)CCC2(CCC(C)C(CC=C(C)C=CC(O)C(C)C=CC(=O)O)O2)OC1C=CC(C)=CC(=O)O. The lowest BCUT2D eigenvalue weighted by Gasteiger charge is -2.53. The molecule has 0 amide bonds. The van der Waals surface area contributed by atoms with Gasteiger partial charge in [-0.15, -0.1) is 0 Å². The molecule has 2 heterocycles. The molecule has 0 aromatic heterocycles. The maximum absolute atomic E-state index is 12.9. The highest BCUT2D eigenvalue weighted by atomic mass is 16.7. The van der Waals surface area contributed by atoms with Gasteiger partial charge in [0.15, 0.2) is 5.79 Å². The number of rotatable bonds is 17. The van der Waals surface area contributed by atoms with Crippen LogP contribution in [-0.4, -0.2) is 74.0 Å². The van der Waals surface area contributed by atoms with E-state index in [4.69, 9.17) is 24.4 Å². The predicted molar refractivity (Wildman–Crippen MR) is 180 cm³/mol. The zero-order valence-corrected chi connectivity index (χ0v) is 28.7. The van der Waals surface area contributed by atoms with Crippen LogP contribution in [-0.2, 0) is 33.4 Å². The highest BCUT2D eigenvalue weighted by Crippen LogP contribution is 2.48. The van der Waals surface area contributed by atoms with E-state index in [2.05, 4.69) is 13.8 Å². The summed E-state index contributed by atoms with van der Waals surface area (Å²) in [5.41, 5.74) is 0.245. The van der Waals surface area contributed by atoms with E-state index in [1.54, 1.807) is 38.2 Å². The summed E-state index contributed by atoms with van der Waals surface area (Å²) < 4.78 is 19.5. The summed E-state index contributed by atoms with van der Waals surface area (Å²) >= 11 is 0. The molecule has 2 saturated heterocycles. The van der Waals surface area contributed by atoms with Crippen LogP contribution in [0.5, 0.6) is 0 Å². The molecule has 7 unspecified atom stereocenters. The number of carboxylic acid groups (broad SMARTS) is 3. The van der Waals surface area contributed by atoms with Gasteiger partial charge in [0.05, 0.1) is 12.2 Å². The predicted octanol–water partition coefficient (Wildman–Crippen LogP) is 6.30. The summed E-state index contributed by atoms with van der Waals surface area (Å²) in [6.07, 6.45) is 17.9. The molecule has 7 atom stereocenters. The highest BCUT2D eigenvalue weighted by molar-refractivity contribution is 5.91. The molecule has 2 aliphatic rings. The molecule has 1 spiro atoms. The number of aliphatic hydroxyl groups is 1. The fraction of sp³-hybridized carbons (Fsp3) is 0.568. The van der Waals surface area contributed by atoms with Gasteiger partial charge in [-0.2, -0.15) is 0 Å². The van der Waals surface area contributed by atoms with Gasteiger partial charge in [0.1, 0.15) is 11.7 Å². The number of carbonyl (C=O) groups excluding carboxylic acids is 1. The molecular weight excluding hydrogens is 620 g/mol. The van der Waals surface area contributed by atoms with E-state index in [1.807, 2.05) is 13.0 Å². The van der Waals surface area contributed by atoms with Crippen LogP contribution in [0.3, 0.4) is 0 Å². The lowest BCUT2D eigenvalue weighted by Crippen LogP contribution is -2.59. The summed E-state index contributed by atoms with van der Waals surface area (Å²) in [4.78, 5) is 46.0. The molecule has 0 radical (unpaired) electrons. The van der Waals surface area contributed by atoms with E-state index in [-0.39, 0.29) is 17.9 Å². The van der Waals surface area contributed by atoms with E-state index in [0.717, 1.165) is 55.6 Å². The number of aliphatic hydroxyl groups excluding tert-OH is 1. The minimum atomic E-state index is -1.27. The van der Waals surface area contributed by atoms with Crippen molar-refractivity contribution in [3.63, 3.8) is 0 Å². The third kappa shape index (κ3) is 13.4. The second kappa shape index (κ2) is 19.3. The van der Waals surface area contributed by atoms with E-state index >= 15 is 0 Å². The lowest BCUT2D eigenvalue weighted by molar-refractivity contribution is -0.344. The van der Waals surface area contributed by atoms with Crippen molar-refractivity contribution in [1.82, 2.24) is 0 Å². The number of carbonyl (C=O) groups is 4. The van der Waals surface area contributed by atoms with Crippen LogP contribution < -0.4 is 0 Å². The second-order valence-corrected chi connectivity index (χ2v) is 12.9. The van der Waals surface area contributed by atoms with Crippen molar-refractivity contribution >= 4 is 23.9 Å². The molecule has 4 N–H and O–H groups in total. The molecule has 0 aliphatic carbocycles. The van der Waals surface area contributed by atoms with Crippen LogP contribution in [0.1, 0.15) is 92.4 Å². The minimum absolute atomic E-state index is 0.198. The molecule has 11 heteroatoms. The Kier molecular flexibility index (Phi) is 16.2. The topological polar surface area (TPSA) is 177 Å². The number of aliphatic carboxylic acids is 3. The quantitative estimate of drug-likeness (QED) is 0.0590. The first-order chi connectivity index (χ1) is 22.6. The third-order valence-corrected chi connectivity index (χ3v) is 8.83. The molecular formula is C37H52O11. The maximum atomic E-state index is 12.9. The summed E-state index contributed by atoms with van der Waals surface area (Å²) in [6.45, 7) is 9.46. The van der Waals surface area contributed by atoms with Crippen LogP contribution in [0.4, 0.5) is 0 Å². The molecule has 2 aliphatic heterocycles. The molecule has 11 nitrogen and oxygen atoms in total. The van der Waals surface area contributed by atoms with E-state index < -0.39 is 47.5 Å². The Morgan fingerprint density at radius 3 is 2.23 bits per heavy atom. The van der Waals surface area contributed by atoms with Gasteiger partial charge in [-0.05, 0) is 57.4 Å². The summed E-state index contributed by atoms with van der Waals surface area (Å²) in [7, 11) is 0. The average molecular weight is 673 g/mol. The summed E-state index contributed by atoms with van der Waals surface area (Å²) in [5.74, 6) is -5.38. The van der Waals surface area contributed by atoms with Gasteiger partial charge in [-0.1, -0.05) is 75.6 Å². The Morgan fingerprint density at radius 1 is 0.875 bits per heavy atom. The molecule has 0 aromatic carbocycles. The monoisotopic (exact) mass is 672 g/mol. The molecule has 0 aromatic rings. The van der Waals surface area contributed by atoms with Crippen molar-refractivity contribution in [1.29, 1.82) is 0 Å². The number of hydrogen-bond acceptors (Lipinski definition) is 8. The van der Waals surface area contributed by atoms with Gasteiger partial charge in [0.25, 0.3) is 0 Å². The van der Waals surface area contributed by atoms with Gasteiger partial charge in [0.2, 0.25) is 0 Å². The van der Waals surface area contributed by atoms with Crippen molar-refractivity contribution in [3.8, 4) is 0 Å². The normalized spacial score (nSPS) is 28.4. The van der Waals surface area contributed by atoms with Gasteiger partial charge < -0.3 is 34.6 Å². The molecule has 48 heavy (non-hydrogen) atoms. The summed E-state index contributed by atoms with van der Waals surface area (Å²) in [5, 5.41) is 37.5. The number of unbranched alkanes of at least 4 members (excludes halogenated alkanes) is 2. The number of carboxylic acids is 3. The van der Waals surface area contributed by atoms with Crippen LogP contribution in [0.15, 0.2) is 71.9 Å². The first-order valence-electron chi connectivity index (χ1n) is 16.6. The molecule has 0 bridgehead atoms. The maximum Gasteiger partial charge on any atom is 0.331 e. The minimum Gasteiger partial charge on any atom is -0.478 e. The second-order valence-electron chi connectivity index (χ2n) is 12.9. The smallest absolute Gasteiger partial charge is 0.331 e. The van der Waals surface area contributed by atoms with Crippen LogP contribution in [0.2, 0.25) is 0 Å². The number of ether oxygens (including phenoxy) is 3. The first-order valence-corrected chi connectivity index (χ1v) is 16.6. The number of esters is 1. The largest absolute Gasteiger partial charge is 0.478 e. The fourth-order valence-electron chi connectivity index (χ4n) is 5.89. The van der Waals surface area contributed by atoms with Crippen molar-refractivity contribution in [2.24, 2.45) is 11.8 Å². The number of hydrogen-bond donors (Lipinski definition) is 4. The van der Waals surface area contributed by atoms with E-state index in [9.17, 15) is 29.4 Å². The number of allylic oxidation sites excluding steroid dienone is 4. The lowest BCUT2D eigenvalue weighted by atomic mass is 9.78. The summed E-state index contributed by atoms with van der Waals surface area (Å²) in [6, 6.07) is 0. The first kappa shape index (κ1) is 40.4. The van der Waals surface area contributed by atoms with Gasteiger partial charge in [-0.3, -0.25) is 0 Å². The van der Waals surface area contributed by atoms with Crippen LogP contribution in [0, 0.1) is 11.8 Å². The molecule has 266 valence electrons. The standard InChI is InChI=1S/C37H52O11/c1-6-7-8-20-36(48-35(45)18-17-33(41)42)22-23-37(47-31(36)15-11-26(3)24-34(43)44)21-19-28(5)30(46-37)14-10-25(2)9-13-29(38)27(4)12-16-32(39)40/h9-13,15-18,24,27-31,38H,6-8,14,19-23H2,1-5H3,(H,39,40)(H,41,42)(H,43,44). The highest BCUT2D eigenvalue weighted by Gasteiger charge is 2.54.